The molecule has 0 bridgehead atoms. The highest BCUT2D eigenvalue weighted by Gasteiger charge is 2.24. The summed E-state index contributed by atoms with van der Waals surface area (Å²) in [6, 6.07) is 8.54. The molecule has 2 aromatic rings. The minimum Gasteiger partial charge on any atom is -0.440 e. The van der Waals surface area contributed by atoms with Gasteiger partial charge in [-0.15, -0.1) is 0 Å². The van der Waals surface area contributed by atoms with Crippen molar-refractivity contribution in [2.24, 2.45) is 0 Å². The van der Waals surface area contributed by atoms with Crippen molar-refractivity contribution in [2.75, 3.05) is 6.54 Å². The first-order valence-corrected chi connectivity index (χ1v) is 5.92. The van der Waals surface area contributed by atoms with Gasteiger partial charge in [-0.2, -0.15) is 0 Å². The Hall–Kier alpha value is -1.35. The Labute approximate surface area is 94.9 Å². The van der Waals surface area contributed by atoms with Crippen LogP contribution in [0.1, 0.15) is 31.6 Å². The summed E-state index contributed by atoms with van der Waals surface area (Å²) in [7, 11) is 0. The maximum absolute atomic E-state index is 5.82. The van der Waals surface area contributed by atoms with Gasteiger partial charge >= 0.3 is 0 Å². The quantitative estimate of drug-likeness (QED) is 0.796. The Kier molecular flexibility index (Phi) is 2.40. The van der Waals surface area contributed by atoms with E-state index in [1.54, 1.807) is 0 Å². The van der Waals surface area contributed by atoms with E-state index in [9.17, 15) is 0 Å². The smallest absolute Gasteiger partial charge is 0.198 e. The van der Waals surface area contributed by atoms with Gasteiger partial charge in [0.15, 0.2) is 11.5 Å². The van der Waals surface area contributed by atoms with E-state index in [-0.39, 0.29) is 0 Å². The first-order valence-electron chi connectivity index (χ1n) is 5.92. The summed E-state index contributed by atoms with van der Waals surface area (Å²) in [6.07, 6.45) is 2.24. The number of piperidine rings is 1. The van der Waals surface area contributed by atoms with Gasteiger partial charge in [0.25, 0.3) is 0 Å². The van der Waals surface area contributed by atoms with Crippen molar-refractivity contribution in [3.8, 4) is 0 Å². The van der Waals surface area contributed by atoms with E-state index in [0.717, 1.165) is 36.4 Å². The molecule has 1 fully saturated rings. The lowest BCUT2D eigenvalue weighted by atomic mass is 9.93. The number of aromatic nitrogens is 1. The summed E-state index contributed by atoms with van der Waals surface area (Å²) in [6.45, 7) is 3.28. The lowest BCUT2D eigenvalue weighted by Gasteiger charge is -2.25. The van der Waals surface area contributed by atoms with E-state index in [0.29, 0.717) is 12.0 Å². The zero-order chi connectivity index (χ0) is 11.0. The molecule has 1 aromatic heterocycles. The normalized spacial score (nSPS) is 26.1. The van der Waals surface area contributed by atoms with Gasteiger partial charge in [0, 0.05) is 12.0 Å². The summed E-state index contributed by atoms with van der Waals surface area (Å²) >= 11 is 0. The van der Waals surface area contributed by atoms with E-state index >= 15 is 0 Å². The zero-order valence-electron chi connectivity index (χ0n) is 9.44. The predicted octanol–water partition coefficient (Wildman–Crippen LogP) is 2.68. The largest absolute Gasteiger partial charge is 0.440 e. The Morgan fingerprint density at radius 1 is 1.38 bits per heavy atom. The van der Waals surface area contributed by atoms with Gasteiger partial charge < -0.3 is 9.73 Å². The van der Waals surface area contributed by atoms with Crippen LogP contribution in [0.15, 0.2) is 28.7 Å². The third kappa shape index (κ3) is 1.71. The van der Waals surface area contributed by atoms with Gasteiger partial charge in [0.1, 0.15) is 5.52 Å². The maximum Gasteiger partial charge on any atom is 0.198 e. The summed E-state index contributed by atoms with van der Waals surface area (Å²) in [5, 5.41) is 3.45. The number of rotatable bonds is 1. The second-order valence-corrected chi connectivity index (χ2v) is 4.60. The molecule has 0 spiro atoms. The number of hydrogen-bond acceptors (Lipinski definition) is 3. The molecule has 1 aromatic carbocycles. The van der Waals surface area contributed by atoms with Crippen molar-refractivity contribution < 1.29 is 4.42 Å². The van der Waals surface area contributed by atoms with Crippen molar-refractivity contribution >= 4 is 11.1 Å². The highest BCUT2D eigenvalue weighted by atomic mass is 16.3. The number of para-hydroxylation sites is 2. The molecular weight excluding hydrogens is 200 g/mol. The molecule has 2 atom stereocenters. The lowest BCUT2D eigenvalue weighted by molar-refractivity contribution is 0.336. The number of hydrogen-bond donors (Lipinski definition) is 1. The van der Waals surface area contributed by atoms with Gasteiger partial charge in [0.2, 0.25) is 0 Å². The van der Waals surface area contributed by atoms with Gasteiger partial charge in [-0.1, -0.05) is 12.1 Å². The SMILES string of the molecule is C[C@@H]1C[C@@H](c2nc3ccccc3o2)CCN1. The van der Waals surface area contributed by atoms with Gasteiger partial charge in [-0.25, -0.2) is 4.98 Å². The Morgan fingerprint density at radius 3 is 3.06 bits per heavy atom. The van der Waals surface area contributed by atoms with Crippen molar-refractivity contribution in [3.63, 3.8) is 0 Å². The molecule has 3 rings (SSSR count). The molecule has 84 valence electrons. The van der Waals surface area contributed by atoms with E-state index in [4.69, 9.17) is 4.42 Å². The topological polar surface area (TPSA) is 38.1 Å². The van der Waals surface area contributed by atoms with Gasteiger partial charge in [0.05, 0.1) is 0 Å². The molecule has 0 aliphatic carbocycles. The molecule has 0 amide bonds. The average molecular weight is 216 g/mol. The Morgan fingerprint density at radius 2 is 2.25 bits per heavy atom. The fourth-order valence-electron chi connectivity index (χ4n) is 2.42. The van der Waals surface area contributed by atoms with Crippen LogP contribution in [0.2, 0.25) is 0 Å². The number of benzene rings is 1. The second kappa shape index (κ2) is 3.91. The standard InChI is InChI=1S/C13H16N2O/c1-9-8-10(6-7-14-9)13-15-11-4-2-3-5-12(11)16-13/h2-5,9-10,14H,6-8H2,1H3/t9-,10+/m1/s1. The highest BCUT2D eigenvalue weighted by Crippen LogP contribution is 2.29. The summed E-state index contributed by atoms with van der Waals surface area (Å²) < 4.78 is 5.82. The van der Waals surface area contributed by atoms with E-state index in [1.165, 1.54) is 0 Å². The van der Waals surface area contributed by atoms with Crippen LogP contribution in [0.3, 0.4) is 0 Å². The molecule has 1 N–H and O–H groups in total. The summed E-state index contributed by atoms with van der Waals surface area (Å²) in [5.41, 5.74) is 1.88. The number of nitrogens with one attached hydrogen (secondary N) is 1. The number of nitrogens with zero attached hydrogens (tertiary/aromatic N) is 1. The van der Waals surface area contributed by atoms with Crippen molar-refractivity contribution in [1.29, 1.82) is 0 Å². The Balaban J connectivity index is 1.93. The van der Waals surface area contributed by atoms with E-state index in [2.05, 4.69) is 17.2 Å². The first kappa shape index (κ1) is 9.85. The molecule has 0 radical (unpaired) electrons. The minimum atomic E-state index is 0.476. The van der Waals surface area contributed by atoms with E-state index < -0.39 is 0 Å². The Bertz CT molecular complexity index is 458. The molecule has 16 heavy (non-hydrogen) atoms. The fraction of sp³-hybridized carbons (Fsp3) is 0.462. The zero-order valence-corrected chi connectivity index (χ0v) is 9.44. The predicted molar refractivity (Wildman–Crippen MR) is 63.4 cm³/mol. The molecule has 1 aliphatic rings. The molecule has 3 heteroatoms. The van der Waals surface area contributed by atoms with Crippen LogP contribution in [-0.4, -0.2) is 17.6 Å². The van der Waals surface area contributed by atoms with Crippen LogP contribution in [0.25, 0.3) is 11.1 Å². The second-order valence-electron chi connectivity index (χ2n) is 4.60. The fourth-order valence-corrected chi connectivity index (χ4v) is 2.42. The van der Waals surface area contributed by atoms with Crippen LogP contribution in [0.4, 0.5) is 0 Å². The van der Waals surface area contributed by atoms with Crippen LogP contribution < -0.4 is 5.32 Å². The minimum absolute atomic E-state index is 0.476. The molecule has 3 nitrogen and oxygen atoms in total. The number of fused-ring (bicyclic) bond motifs is 1. The van der Waals surface area contributed by atoms with Crippen LogP contribution in [-0.2, 0) is 0 Å². The molecule has 2 heterocycles. The third-order valence-electron chi connectivity index (χ3n) is 3.28. The summed E-state index contributed by atoms with van der Waals surface area (Å²) in [4.78, 5) is 4.58. The highest BCUT2D eigenvalue weighted by molar-refractivity contribution is 5.72. The molecular formula is C13H16N2O. The van der Waals surface area contributed by atoms with Crippen LogP contribution in [0, 0.1) is 0 Å². The van der Waals surface area contributed by atoms with Crippen LogP contribution >= 0.6 is 0 Å². The monoisotopic (exact) mass is 216 g/mol. The van der Waals surface area contributed by atoms with Crippen molar-refractivity contribution in [1.82, 2.24) is 10.3 Å². The average Bonchev–Trinajstić information content (AvgIpc) is 2.72. The third-order valence-corrected chi connectivity index (χ3v) is 3.28. The molecule has 1 aliphatic heterocycles. The number of oxazole rings is 1. The lowest BCUT2D eigenvalue weighted by Crippen LogP contribution is -2.34. The molecule has 0 unspecified atom stereocenters. The summed E-state index contributed by atoms with van der Waals surface area (Å²) in [5.74, 6) is 1.39. The van der Waals surface area contributed by atoms with Crippen molar-refractivity contribution in [3.05, 3.63) is 30.2 Å². The van der Waals surface area contributed by atoms with Gasteiger partial charge in [-0.05, 0) is 38.4 Å². The van der Waals surface area contributed by atoms with Crippen molar-refractivity contribution in [2.45, 2.75) is 31.7 Å². The van der Waals surface area contributed by atoms with E-state index in [1.807, 2.05) is 24.3 Å². The first-order chi connectivity index (χ1) is 7.83. The van der Waals surface area contributed by atoms with Crippen LogP contribution in [0.5, 0.6) is 0 Å². The molecule has 0 saturated carbocycles. The molecule has 1 saturated heterocycles. The maximum atomic E-state index is 5.82. The van der Waals surface area contributed by atoms with Gasteiger partial charge in [-0.3, -0.25) is 0 Å².